The van der Waals surface area contributed by atoms with Gasteiger partial charge in [0.2, 0.25) is 0 Å². The summed E-state index contributed by atoms with van der Waals surface area (Å²) in [5.74, 6) is 0.342. The quantitative estimate of drug-likeness (QED) is 0.725. The molecule has 0 aliphatic carbocycles. The highest BCUT2D eigenvalue weighted by molar-refractivity contribution is 5.83. The van der Waals surface area contributed by atoms with Crippen LogP contribution < -0.4 is 0 Å². The van der Waals surface area contributed by atoms with Crippen molar-refractivity contribution in [3.8, 4) is 0 Å². The van der Waals surface area contributed by atoms with Crippen molar-refractivity contribution in [2.45, 2.75) is 46.5 Å². The topological polar surface area (TPSA) is 17.1 Å². The molecule has 1 atom stereocenters. The Labute approximate surface area is 93.5 Å². The van der Waals surface area contributed by atoms with Crippen LogP contribution in [-0.2, 0) is 4.79 Å². The molecule has 15 heavy (non-hydrogen) atoms. The molecule has 1 heteroatoms. The van der Waals surface area contributed by atoms with Crippen LogP contribution in [0.4, 0.5) is 0 Å². The van der Waals surface area contributed by atoms with Gasteiger partial charge >= 0.3 is 0 Å². The zero-order valence-electron chi connectivity index (χ0n) is 10.3. The fraction of sp³-hybridized carbons (Fsp3) is 0.500. The van der Waals surface area contributed by atoms with E-state index in [4.69, 9.17) is 0 Å². The van der Waals surface area contributed by atoms with Gasteiger partial charge in [0.25, 0.3) is 0 Å². The summed E-state index contributed by atoms with van der Waals surface area (Å²) in [5.41, 5.74) is 1.13. The first-order chi connectivity index (χ1) is 7.17. The van der Waals surface area contributed by atoms with Crippen LogP contribution in [0.5, 0.6) is 0 Å². The highest BCUT2D eigenvalue weighted by Crippen LogP contribution is 2.19. The molecule has 0 radical (unpaired) electrons. The van der Waals surface area contributed by atoms with Gasteiger partial charge in [0, 0.05) is 5.92 Å². The second-order valence-electron chi connectivity index (χ2n) is 3.69. The van der Waals surface area contributed by atoms with Crippen molar-refractivity contribution >= 4 is 5.78 Å². The van der Waals surface area contributed by atoms with E-state index in [9.17, 15) is 4.79 Å². The molecule has 0 spiro atoms. The second kappa shape index (κ2) is 8.22. The molecule has 0 amide bonds. The van der Waals surface area contributed by atoms with Gasteiger partial charge in [0.1, 0.15) is 5.78 Å². The van der Waals surface area contributed by atoms with E-state index in [1.165, 1.54) is 6.42 Å². The number of ketones is 1. The van der Waals surface area contributed by atoms with Gasteiger partial charge in [-0.3, -0.25) is 4.79 Å². The van der Waals surface area contributed by atoms with Gasteiger partial charge in [-0.05, 0) is 18.9 Å². The zero-order chi connectivity index (χ0) is 11.7. The maximum atomic E-state index is 11.2. The fourth-order valence-electron chi connectivity index (χ4n) is 1.44. The Morgan fingerprint density at radius 3 is 1.93 bits per heavy atom. The molecule has 0 saturated heterocycles. The van der Waals surface area contributed by atoms with E-state index in [-0.39, 0.29) is 11.7 Å². The summed E-state index contributed by atoms with van der Waals surface area (Å²) in [7, 11) is 0. The van der Waals surface area contributed by atoms with Gasteiger partial charge in [0.15, 0.2) is 0 Å². The van der Waals surface area contributed by atoms with Gasteiger partial charge in [-0.15, -0.1) is 0 Å². The van der Waals surface area contributed by atoms with Gasteiger partial charge in [-0.1, -0.05) is 57.5 Å². The lowest BCUT2D eigenvalue weighted by Crippen LogP contribution is -2.06. The van der Waals surface area contributed by atoms with Crippen LogP contribution in [-0.4, -0.2) is 5.78 Å². The summed E-state index contributed by atoms with van der Waals surface area (Å²) >= 11 is 0. The highest BCUT2D eigenvalue weighted by Gasteiger charge is 2.12. The molecule has 0 saturated carbocycles. The lowest BCUT2D eigenvalue weighted by atomic mass is 9.93. The van der Waals surface area contributed by atoms with E-state index in [1.54, 1.807) is 6.92 Å². The molecule has 0 bridgehead atoms. The smallest absolute Gasteiger partial charge is 0.137 e. The summed E-state index contributed by atoms with van der Waals surface area (Å²) in [6.45, 7) is 7.94. The van der Waals surface area contributed by atoms with E-state index < -0.39 is 0 Å². The Morgan fingerprint density at radius 2 is 1.60 bits per heavy atom. The number of hydrogen-bond acceptors (Lipinski definition) is 1. The maximum absolute atomic E-state index is 11.2. The van der Waals surface area contributed by atoms with Crippen molar-refractivity contribution in [3.63, 3.8) is 0 Å². The molecule has 0 fully saturated rings. The van der Waals surface area contributed by atoms with E-state index in [1.807, 2.05) is 37.3 Å². The lowest BCUT2D eigenvalue weighted by Gasteiger charge is -2.10. The minimum absolute atomic E-state index is 0.0891. The molecule has 1 aromatic carbocycles. The molecule has 1 aromatic rings. The summed E-state index contributed by atoms with van der Waals surface area (Å²) in [6.07, 6.45) is 2.14. The Balaban J connectivity index is 0.000000583. The molecule has 84 valence electrons. The Bertz CT molecular complexity index is 264. The highest BCUT2D eigenvalue weighted by atomic mass is 16.1. The molecular weight excluding hydrogens is 184 g/mol. The van der Waals surface area contributed by atoms with Crippen molar-refractivity contribution in [2.24, 2.45) is 0 Å². The SMILES string of the molecule is CCC.CC[C@H](C(C)=O)c1ccccc1. The molecule has 1 nitrogen and oxygen atoms in total. The molecule has 0 heterocycles. The molecule has 0 unspecified atom stereocenters. The van der Waals surface area contributed by atoms with Crippen molar-refractivity contribution in [2.75, 3.05) is 0 Å². The first-order valence-electron chi connectivity index (χ1n) is 5.72. The van der Waals surface area contributed by atoms with E-state index >= 15 is 0 Å². The Morgan fingerprint density at radius 1 is 1.13 bits per heavy atom. The Hall–Kier alpha value is -1.11. The molecule has 0 aliphatic rings. The predicted octanol–water partition coefficient (Wildman–Crippen LogP) is 4.19. The fourth-order valence-corrected chi connectivity index (χ4v) is 1.44. The number of hydrogen-bond donors (Lipinski definition) is 0. The van der Waals surface area contributed by atoms with Gasteiger partial charge in [-0.25, -0.2) is 0 Å². The minimum atomic E-state index is 0.0891. The summed E-state index contributed by atoms with van der Waals surface area (Å²) < 4.78 is 0. The maximum Gasteiger partial charge on any atom is 0.137 e. The summed E-state index contributed by atoms with van der Waals surface area (Å²) in [4.78, 5) is 11.2. The second-order valence-corrected chi connectivity index (χ2v) is 3.69. The van der Waals surface area contributed by atoms with Crippen LogP contribution in [0, 0.1) is 0 Å². The van der Waals surface area contributed by atoms with Crippen molar-refractivity contribution in [1.29, 1.82) is 0 Å². The third-order valence-corrected chi connectivity index (χ3v) is 2.10. The molecular formula is C14H22O. The van der Waals surface area contributed by atoms with E-state index in [2.05, 4.69) is 13.8 Å². The minimum Gasteiger partial charge on any atom is -0.299 e. The van der Waals surface area contributed by atoms with Crippen molar-refractivity contribution in [3.05, 3.63) is 35.9 Å². The third-order valence-electron chi connectivity index (χ3n) is 2.10. The number of carbonyl (C=O) groups excluding carboxylic acids is 1. The van der Waals surface area contributed by atoms with Crippen molar-refractivity contribution < 1.29 is 4.79 Å². The zero-order valence-corrected chi connectivity index (χ0v) is 10.3. The molecule has 0 aliphatic heterocycles. The molecule has 0 N–H and O–H groups in total. The van der Waals surface area contributed by atoms with Crippen LogP contribution >= 0.6 is 0 Å². The summed E-state index contributed by atoms with van der Waals surface area (Å²) in [6, 6.07) is 9.93. The Kier molecular flexibility index (Phi) is 7.61. The van der Waals surface area contributed by atoms with Crippen LogP contribution in [0.1, 0.15) is 52.0 Å². The monoisotopic (exact) mass is 206 g/mol. The van der Waals surface area contributed by atoms with Crippen LogP contribution in [0.15, 0.2) is 30.3 Å². The normalized spacial score (nSPS) is 11.2. The molecule has 0 aromatic heterocycles. The van der Waals surface area contributed by atoms with E-state index in [0.29, 0.717) is 0 Å². The number of benzene rings is 1. The van der Waals surface area contributed by atoms with Crippen LogP contribution in [0.25, 0.3) is 0 Å². The summed E-state index contributed by atoms with van der Waals surface area (Å²) in [5, 5.41) is 0. The predicted molar refractivity (Wildman–Crippen MR) is 66.1 cm³/mol. The first kappa shape index (κ1) is 13.9. The largest absolute Gasteiger partial charge is 0.299 e. The number of Topliss-reactive ketones (excluding diaryl/α,β-unsaturated/α-hetero) is 1. The first-order valence-corrected chi connectivity index (χ1v) is 5.72. The van der Waals surface area contributed by atoms with Gasteiger partial charge < -0.3 is 0 Å². The standard InChI is InChI=1S/C11H14O.C3H8/c1-3-11(9(2)12)10-7-5-4-6-8-10;1-3-2/h4-8,11H,3H2,1-2H3;3H2,1-2H3/t11-;/m1./s1. The average molecular weight is 206 g/mol. The molecule has 1 rings (SSSR count). The van der Waals surface area contributed by atoms with E-state index in [0.717, 1.165) is 12.0 Å². The van der Waals surface area contributed by atoms with Gasteiger partial charge in [0.05, 0.1) is 0 Å². The van der Waals surface area contributed by atoms with Crippen molar-refractivity contribution in [1.82, 2.24) is 0 Å². The van der Waals surface area contributed by atoms with Crippen LogP contribution in [0.2, 0.25) is 0 Å². The number of carbonyl (C=O) groups is 1. The number of rotatable bonds is 3. The average Bonchev–Trinajstić information content (AvgIpc) is 2.21. The lowest BCUT2D eigenvalue weighted by molar-refractivity contribution is -0.118. The third kappa shape index (κ3) is 5.36. The van der Waals surface area contributed by atoms with Gasteiger partial charge in [-0.2, -0.15) is 0 Å². The van der Waals surface area contributed by atoms with Crippen LogP contribution in [0.3, 0.4) is 0 Å².